The molecule has 0 aliphatic carbocycles. The zero-order valence-electron chi connectivity index (χ0n) is 7.50. The average Bonchev–Trinajstić information content (AvgIpc) is 2.57. The molecule has 1 aliphatic rings. The molecule has 78 valence electrons. The Balaban J connectivity index is 2.13. The van der Waals surface area contributed by atoms with Crippen molar-refractivity contribution >= 4 is 26.0 Å². The van der Waals surface area contributed by atoms with Crippen LogP contribution in [0.1, 0.15) is 12.8 Å². The lowest BCUT2D eigenvalue weighted by molar-refractivity contribution is 0.344. The molecule has 1 N–H and O–H groups in total. The van der Waals surface area contributed by atoms with Gasteiger partial charge in [0.25, 0.3) is 0 Å². The van der Waals surface area contributed by atoms with Crippen LogP contribution in [0.5, 0.6) is 0 Å². The second-order valence-electron chi connectivity index (χ2n) is 3.17. The molecular formula is C7H15BrN2O2S. The predicted molar refractivity (Wildman–Crippen MR) is 56.4 cm³/mol. The van der Waals surface area contributed by atoms with Crippen molar-refractivity contribution in [3.8, 4) is 0 Å². The maximum Gasteiger partial charge on any atom is 0.221 e. The van der Waals surface area contributed by atoms with Crippen LogP contribution in [0.25, 0.3) is 0 Å². The molecule has 1 saturated heterocycles. The largest absolute Gasteiger partial charge is 0.302 e. The topological polar surface area (TPSA) is 49.4 Å². The quantitative estimate of drug-likeness (QED) is 0.734. The molecule has 0 bridgehead atoms. The number of hydrogen-bond acceptors (Lipinski definition) is 3. The van der Waals surface area contributed by atoms with E-state index in [1.165, 1.54) is 12.8 Å². The first-order valence-electron chi connectivity index (χ1n) is 4.40. The fraction of sp³-hybridized carbons (Fsp3) is 1.00. The highest BCUT2D eigenvalue weighted by Gasteiger charge is 2.12. The van der Waals surface area contributed by atoms with E-state index in [0.717, 1.165) is 19.6 Å². The third kappa shape index (κ3) is 4.39. The Labute approximate surface area is 87.9 Å². The third-order valence-corrected chi connectivity index (χ3v) is 4.83. The van der Waals surface area contributed by atoms with Crippen LogP contribution in [0.3, 0.4) is 0 Å². The molecule has 4 nitrogen and oxygen atoms in total. The molecule has 0 atom stereocenters. The molecule has 0 unspecified atom stereocenters. The summed E-state index contributed by atoms with van der Waals surface area (Å²) < 4.78 is 24.5. The van der Waals surface area contributed by atoms with Gasteiger partial charge in [0.2, 0.25) is 10.0 Å². The number of halogens is 1. The Morgan fingerprint density at radius 3 is 2.46 bits per heavy atom. The first kappa shape index (κ1) is 11.4. The van der Waals surface area contributed by atoms with Gasteiger partial charge >= 0.3 is 0 Å². The van der Waals surface area contributed by atoms with Gasteiger partial charge in [0, 0.05) is 13.1 Å². The lowest BCUT2D eigenvalue weighted by Crippen LogP contribution is -2.33. The average molecular weight is 271 g/mol. The van der Waals surface area contributed by atoms with E-state index in [-0.39, 0.29) is 4.66 Å². The summed E-state index contributed by atoms with van der Waals surface area (Å²) in [5.74, 6) is 0. The molecule has 0 aromatic rings. The van der Waals surface area contributed by atoms with Gasteiger partial charge in [0.05, 0.1) is 0 Å². The first-order chi connectivity index (χ1) is 6.14. The van der Waals surface area contributed by atoms with Crippen molar-refractivity contribution < 1.29 is 8.42 Å². The van der Waals surface area contributed by atoms with E-state index in [9.17, 15) is 8.42 Å². The summed E-state index contributed by atoms with van der Waals surface area (Å²) in [5.41, 5.74) is 0. The molecule has 0 aromatic carbocycles. The zero-order valence-corrected chi connectivity index (χ0v) is 9.90. The monoisotopic (exact) mass is 270 g/mol. The Kier molecular flexibility index (Phi) is 4.64. The molecule has 6 heteroatoms. The van der Waals surface area contributed by atoms with Crippen LogP contribution in [0.15, 0.2) is 0 Å². The molecule has 1 heterocycles. The summed E-state index contributed by atoms with van der Waals surface area (Å²) >= 11 is 2.92. The summed E-state index contributed by atoms with van der Waals surface area (Å²) in [4.78, 5) is 2.27. The van der Waals surface area contributed by atoms with Crippen LogP contribution in [0.4, 0.5) is 0 Å². The van der Waals surface area contributed by atoms with E-state index in [2.05, 4.69) is 25.6 Å². The number of nitrogens with zero attached hydrogens (tertiary/aromatic N) is 1. The van der Waals surface area contributed by atoms with Gasteiger partial charge < -0.3 is 4.90 Å². The zero-order chi connectivity index (χ0) is 9.73. The lowest BCUT2D eigenvalue weighted by Gasteiger charge is -2.14. The minimum atomic E-state index is -3.07. The molecule has 1 rings (SSSR count). The molecule has 1 aliphatic heterocycles. The van der Waals surface area contributed by atoms with Crippen molar-refractivity contribution in [2.75, 3.05) is 30.8 Å². The maximum absolute atomic E-state index is 11.0. The highest BCUT2D eigenvalue weighted by atomic mass is 79.9. The molecule has 1 fully saturated rings. The minimum Gasteiger partial charge on any atom is -0.302 e. The fourth-order valence-corrected chi connectivity index (χ4v) is 2.37. The van der Waals surface area contributed by atoms with Crippen molar-refractivity contribution in [1.29, 1.82) is 0 Å². The number of rotatable bonds is 5. The smallest absolute Gasteiger partial charge is 0.221 e. The van der Waals surface area contributed by atoms with Crippen LogP contribution in [-0.4, -0.2) is 44.2 Å². The Bertz CT molecular complexity index is 237. The number of hydrogen-bond donors (Lipinski definition) is 1. The van der Waals surface area contributed by atoms with Gasteiger partial charge in [-0.2, -0.15) is 0 Å². The first-order valence-corrected chi connectivity index (χ1v) is 7.17. The van der Waals surface area contributed by atoms with E-state index in [4.69, 9.17) is 0 Å². The summed E-state index contributed by atoms with van der Waals surface area (Å²) in [5, 5.41) is 0. The van der Waals surface area contributed by atoms with Gasteiger partial charge in [-0.1, -0.05) is 15.9 Å². The summed E-state index contributed by atoms with van der Waals surface area (Å²) in [6.45, 7) is 3.56. The van der Waals surface area contributed by atoms with Crippen LogP contribution in [0, 0.1) is 0 Å². The minimum absolute atomic E-state index is 0.0139. The molecule has 0 spiro atoms. The summed E-state index contributed by atoms with van der Waals surface area (Å²) in [6, 6.07) is 0. The highest BCUT2D eigenvalue weighted by Crippen LogP contribution is 2.05. The Morgan fingerprint density at radius 1 is 1.31 bits per heavy atom. The number of nitrogens with one attached hydrogen (secondary N) is 1. The van der Waals surface area contributed by atoms with Gasteiger partial charge in [-0.15, -0.1) is 0 Å². The van der Waals surface area contributed by atoms with Crippen molar-refractivity contribution in [3.63, 3.8) is 0 Å². The van der Waals surface area contributed by atoms with Gasteiger partial charge in [0.1, 0.15) is 4.66 Å². The van der Waals surface area contributed by atoms with Crippen LogP contribution in [-0.2, 0) is 10.0 Å². The lowest BCUT2D eigenvalue weighted by atomic mass is 10.4. The number of alkyl halides is 1. The molecule has 0 amide bonds. The highest BCUT2D eigenvalue weighted by molar-refractivity contribution is 9.10. The number of likely N-dealkylation sites (tertiary alicyclic amines) is 1. The molecule has 13 heavy (non-hydrogen) atoms. The van der Waals surface area contributed by atoms with Crippen LogP contribution >= 0.6 is 15.9 Å². The van der Waals surface area contributed by atoms with Gasteiger partial charge in [0.15, 0.2) is 0 Å². The second kappa shape index (κ2) is 5.29. The third-order valence-electron chi connectivity index (χ3n) is 2.09. The second-order valence-corrected chi connectivity index (χ2v) is 6.28. The Morgan fingerprint density at radius 2 is 1.92 bits per heavy atom. The number of sulfonamides is 1. The molecule has 0 saturated carbocycles. The van der Waals surface area contributed by atoms with Crippen LogP contribution < -0.4 is 4.72 Å². The summed E-state index contributed by atoms with van der Waals surface area (Å²) in [7, 11) is -3.07. The molecular weight excluding hydrogens is 256 g/mol. The van der Waals surface area contributed by atoms with Crippen molar-refractivity contribution in [2.24, 2.45) is 0 Å². The summed E-state index contributed by atoms with van der Waals surface area (Å²) in [6.07, 6.45) is 2.48. The van der Waals surface area contributed by atoms with Gasteiger partial charge in [-0.25, -0.2) is 13.1 Å². The van der Waals surface area contributed by atoms with E-state index >= 15 is 0 Å². The van der Waals surface area contributed by atoms with E-state index in [0.29, 0.717) is 6.54 Å². The van der Waals surface area contributed by atoms with Crippen molar-refractivity contribution in [2.45, 2.75) is 12.8 Å². The maximum atomic E-state index is 11.0. The fourth-order valence-electron chi connectivity index (χ4n) is 1.40. The van der Waals surface area contributed by atoms with Crippen molar-refractivity contribution in [1.82, 2.24) is 9.62 Å². The standard InChI is InChI=1S/C7H15BrN2O2S/c8-7-13(11,12)9-3-6-10-4-1-2-5-10/h9H,1-7H2. The van der Waals surface area contributed by atoms with E-state index in [1.807, 2.05) is 0 Å². The Hall–Kier alpha value is 0.350. The van der Waals surface area contributed by atoms with Gasteiger partial charge in [-0.3, -0.25) is 0 Å². The van der Waals surface area contributed by atoms with E-state index in [1.54, 1.807) is 0 Å². The van der Waals surface area contributed by atoms with Crippen molar-refractivity contribution in [3.05, 3.63) is 0 Å². The molecule has 0 radical (unpaired) electrons. The van der Waals surface area contributed by atoms with Crippen LogP contribution in [0.2, 0.25) is 0 Å². The normalized spacial score (nSPS) is 19.5. The van der Waals surface area contributed by atoms with Gasteiger partial charge in [-0.05, 0) is 25.9 Å². The molecule has 0 aromatic heterocycles. The predicted octanol–water partition coefficient (Wildman–Crippen LogP) is 0.354. The SMILES string of the molecule is O=S(=O)(CBr)NCCN1CCCC1. The van der Waals surface area contributed by atoms with E-state index < -0.39 is 10.0 Å².